The van der Waals surface area contributed by atoms with E-state index in [-0.39, 0.29) is 0 Å². The molecule has 0 saturated heterocycles. The van der Waals surface area contributed by atoms with Gasteiger partial charge in [-0.15, -0.1) is 0 Å². The Bertz CT molecular complexity index is 550. The molecule has 0 aromatic carbocycles. The maximum Gasteiger partial charge on any atom is 0.155 e. The molecule has 3 fully saturated rings. The lowest BCUT2D eigenvalue weighted by atomic mass is 9.47. The van der Waals surface area contributed by atoms with Crippen LogP contribution in [0.2, 0.25) is 0 Å². The summed E-state index contributed by atoms with van der Waals surface area (Å²) in [5.41, 5.74) is 2.19. The van der Waals surface area contributed by atoms with Crippen molar-refractivity contribution in [1.29, 1.82) is 0 Å². The molecular weight excluding hydrogens is 296 g/mol. The fraction of sp³-hybridized carbons (Fsp3) is 0.864. The van der Waals surface area contributed by atoms with Crippen LogP contribution in [0.4, 0.5) is 0 Å². The molecule has 0 aliphatic heterocycles. The highest BCUT2D eigenvalue weighted by molar-refractivity contribution is 5.91. The largest absolute Gasteiger partial charge is 0.378 e. The summed E-state index contributed by atoms with van der Waals surface area (Å²) in [5.74, 6) is 2.87. The highest BCUT2D eigenvalue weighted by atomic mass is 16.5. The summed E-state index contributed by atoms with van der Waals surface area (Å²) < 4.78 is 6.29. The Labute approximate surface area is 147 Å². The smallest absolute Gasteiger partial charge is 0.155 e. The van der Waals surface area contributed by atoms with Crippen molar-refractivity contribution in [2.75, 3.05) is 6.61 Å². The van der Waals surface area contributed by atoms with Crippen molar-refractivity contribution in [2.24, 2.45) is 28.6 Å². The lowest BCUT2D eigenvalue weighted by molar-refractivity contribution is -0.118. The van der Waals surface area contributed by atoms with Gasteiger partial charge in [-0.05, 0) is 86.0 Å². The predicted molar refractivity (Wildman–Crippen MR) is 96.7 cm³/mol. The minimum atomic E-state index is 0.306. The molecule has 0 aromatic heterocycles. The predicted octanol–water partition coefficient (Wildman–Crippen LogP) is 5.31. The molecular formula is C22H34O2. The lowest BCUT2D eigenvalue weighted by Gasteiger charge is -2.58. The van der Waals surface area contributed by atoms with Crippen molar-refractivity contribution in [3.63, 3.8) is 0 Å². The Morgan fingerprint density at radius 2 is 1.92 bits per heavy atom. The second kappa shape index (κ2) is 5.97. The molecule has 4 aliphatic rings. The van der Waals surface area contributed by atoms with Crippen LogP contribution in [0.5, 0.6) is 0 Å². The number of ether oxygens (including phenoxy) is 1. The second-order valence-electron chi connectivity index (χ2n) is 9.45. The maximum atomic E-state index is 11.9. The number of rotatable bonds is 3. The van der Waals surface area contributed by atoms with Crippen LogP contribution in [0.1, 0.15) is 78.6 Å². The Morgan fingerprint density at radius 1 is 1.08 bits per heavy atom. The highest BCUT2D eigenvalue weighted by Crippen LogP contribution is 2.65. The van der Waals surface area contributed by atoms with Crippen molar-refractivity contribution in [3.05, 3.63) is 11.6 Å². The average Bonchev–Trinajstić information content (AvgIpc) is 2.90. The number of allylic oxidation sites excluding steroid dienone is 1. The van der Waals surface area contributed by atoms with Crippen LogP contribution < -0.4 is 0 Å². The quantitative estimate of drug-likeness (QED) is 0.700. The van der Waals surface area contributed by atoms with Gasteiger partial charge in [-0.25, -0.2) is 0 Å². The number of carbonyl (C=O) groups excluding carboxylic acids is 1. The third-order valence-electron chi connectivity index (χ3n) is 8.40. The Morgan fingerprint density at radius 3 is 2.71 bits per heavy atom. The molecule has 4 aliphatic carbocycles. The van der Waals surface area contributed by atoms with Crippen LogP contribution in [-0.2, 0) is 9.53 Å². The molecule has 0 aromatic rings. The maximum absolute atomic E-state index is 11.9. The summed E-state index contributed by atoms with van der Waals surface area (Å²) in [6.45, 7) is 8.14. The highest BCUT2D eigenvalue weighted by Gasteiger charge is 2.59. The molecule has 134 valence electrons. The van der Waals surface area contributed by atoms with Crippen molar-refractivity contribution < 1.29 is 9.53 Å². The first-order chi connectivity index (χ1) is 11.5. The zero-order valence-electron chi connectivity index (χ0n) is 15.8. The van der Waals surface area contributed by atoms with Gasteiger partial charge in [0.05, 0.1) is 6.10 Å². The van der Waals surface area contributed by atoms with Crippen molar-refractivity contribution in [3.8, 4) is 0 Å². The van der Waals surface area contributed by atoms with Crippen molar-refractivity contribution in [2.45, 2.75) is 84.7 Å². The van der Waals surface area contributed by atoms with Gasteiger partial charge in [-0.1, -0.05) is 26.3 Å². The van der Waals surface area contributed by atoms with Gasteiger partial charge in [0.15, 0.2) is 5.78 Å². The van der Waals surface area contributed by atoms with E-state index >= 15 is 0 Å². The van der Waals surface area contributed by atoms with Crippen LogP contribution in [0.3, 0.4) is 0 Å². The van der Waals surface area contributed by atoms with E-state index in [1.54, 1.807) is 0 Å². The van der Waals surface area contributed by atoms with E-state index in [1.165, 1.54) is 37.7 Å². The Balaban J connectivity index is 1.59. The molecule has 0 spiro atoms. The van der Waals surface area contributed by atoms with Gasteiger partial charge >= 0.3 is 0 Å². The minimum Gasteiger partial charge on any atom is -0.378 e. The van der Waals surface area contributed by atoms with Gasteiger partial charge in [0.1, 0.15) is 0 Å². The van der Waals surface area contributed by atoms with E-state index in [4.69, 9.17) is 4.74 Å². The molecule has 3 saturated carbocycles. The average molecular weight is 331 g/mol. The third-order valence-corrected chi connectivity index (χ3v) is 8.40. The third kappa shape index (κ3) is 2.35. The normalized spacial score (nSPS) is 47.6. The molecule has 6 atom stereocenters. The lowest BCUT2D eigenvalue weighted by Crippen LogP contribution is -2.51. The SMILES string of the molecule is CCCO[C@H]1CCC2C3CCC4=CC(=O)CC[C@]4(C)C3CC[C@@]21C. The van der Waals surface area contributed by atoms with Gasteiger partial charge in [-0.3, -0.25) is 4.79 Å². The number of carbonyl (C=O) groups is 1. The minimum absolute atomic E-state index is 0.306. The molecule has 0 heterocycles. The summed E-state index contributed by atoms with van der Waals surface area (Å²) in [6.07, 6.45) is 13.3. The summed E-state index contributed by atoms with van der Waals surface area (Å²) in [7, 11) is 0. The molecule has 0 N–H and O–H groups in total. The first-order valence-corrected chi connectivity index (χ1v) is 10.3. The second-order valence-corrected chi connectivity index (χ2v) is 9.45. The number of ketones is 1. The first kappa shape index (κ1) is 16.8. The summed E-state index contributed by atoms with van der Waals surface area (Å²) in [6, 6.07) is 0. The van der Waals surface area contributed by atoms with E-state index in [2.05, 4.69) is 20.8 Å². The molecule has 24 heavy (non-hydrogen) atoms. The van der Waals surface area contributed by atoms with Crippen LogP contribution in [0.25, 0.3) is 0 Å². The molecule has 3 unspecified atom stereocenters. The van der Waals surface area contributed by atoms with Crippen molar-refractivity contribution >= 4 is 5.78 Å². The molecule has 2 nitrogen and oxygen atoms in total. The van der Waals surface area contributed by atoms with Crippen LogP contribution >= 0.6 is 0 Å². The molecule has 0 radical (unpaired) electrons. The first-order valence-electron chi connectivity index (χ1n) is 10.3. The van der Waals surface area contributed by atoms with Gasteiger partial charge in [0.2, 0.25) is 0 Å². The van der Waals surface area contributed by atoms with Crippen LogP contribution in [0, 0.1) is 28.6 Å². The van der Waals surface area contributed by atoms with Crippen LogP contribution in [-0.4, -0.2) is 18.5 Å². The number of hydrogen-bond acceptors (Lipinski definition) is 2. The van der Waals surface area contributed by atoms with Gasteiger partial charge < -0.3 is 4.74 Å². The van der Waals surface area contributed by atoms with Crippen LogP contribution in [0.15, 0.2) is 11.6 Å². The number of fused-ring (bicyclic) bond motifs is 5. The van der Waals surface area contributed by atoms with Crippen molar-refractivity contribution in [1.82, 2.24) is 0 Å². The summed E-state index contributed by atoms with van der Waals surface area (Å²) >= 11 is 0. The summed E-state index contributed by atoms with van der Waals surface area (Å²) in [4.78, 5) is 11.9. The van der Waals surface area contributed by atoms with E-state index in [0.29, 0.717) is 22.7 Å². The van der Waals surface area contributed by atoms with Gasteiger partial charge in [0, 0.05) is 13.0 Å². The number of hydrogen-bond donors (Lipinski definition) is 0. The zero-order valence-corrected chi connectivity index (χ0v) is 15.8. The van der Waals surface area contributed by atoms with Gasteiger partial charge in [-0.2, -0.15) is 0 Å². The molecule has 0 bridgehead atoms. The molecule has 4 rings (SSSR count). The fourth-order valence-corrected chi connectivity index (χ4v) is 7.05. The van der Waals surface area contributed by atoms with E-state index < -0.39 is 0 Å². The molecule has 0 amide bonds. The standard InChI is InChI=1S/C22H34O2/c1-4-13-24-20-8-7-18-17-6-5-15-14-16(23)9-11-21(15,2)19(17)10-12-22(18,20)3/h14,17-20H,4-13H2,1-3H3/t17?,18?,19?,20-,21-,22-/m0/s1. The van der Waals surface area contributed by atoms with E-state index in [0.717, 1.165) is 50.0 Å². The van der Waals surface area contributed by atoms with E-state index in [1.807, 2.05) is 6.08 Å². The monoisotopic (exact) mass is 330 g/mol. The summed E-state index contributed by atoms with van der Waals surface area (Å²) in [5, 5.41) is 0. The fourth-order valence-electron chi connectivity index (χ4n) is 7.05. The topological polar surface area (TPSA) is 26.3 Å². The Kier molecular flexibility index (Phi) is 4.18. The Hall–Kier alpha value is -0.630. The van der Waals surface area contributed by atoms with Gasteiger partial charge in [0.25, 0.3) is 0 Å². The zero-order chi connectivity index (χ0) is 16.9. The molecule has 2 heteroatoms. The van der Waals surface area contributed by atoms with E-state index in [9.17, 15) is 4.79 Å².